The summed E-state index contributed by atoms with van der Waals surface area (Å²) < 4.78 is 14.6. The smallest absolute Gasteiger partial charge is 0.153 e. The van der Waals surface area contributed by atoms with Crippen LogP contribution in [0.3, 0.4) is 0 Å². The highest BCUT2D eigenvalue weighted by Crippen LogP contribution is 2.38. The fraction of sp³-hybridized carbons (Fsp3) is 0. The minimum absolute atomic E-state index is 0.762. The maximum absolute atomic E-state index is 6.32. The van der Waals surface area contributed by atoms with Crippen LogP contribution >= 0.6 is 0 Å². The van der Waals surface area contributed by atoms with Gasteiger partial charge in [0.1, 0.15) is 16.7 Å². The first kappa shape index (κ1) is 31.5. The number of benzene rings is 6. The van der Waals surface area contributed by atoms with Gasteiger partial charge in [-0.25, -0.2) is 0 Å². The lowest BCUT2D eigenvalue weighted by molar-refractivity contribution is 0.667. The quantitative estimate of drug-likeness (QED) is 0.176. The Morgan fingerprint density at radius 3 is 1.74 bits per heavy atom. The van der Waals surface area contributed by atoms with Gasteiger partial charge in [0.25, 0.3) is 0 Å². The summed E-state index contributed by atoms with van der Waals surface area (Å²) in [5.41, 5.74) is 17.1. The summed E-state index contributed by atoms with van der Waals surface area (Å²) in [6, 6.07) is 57.3. The van der Waals surface area contributed by atoms with Crippen molar-refractivity contribution in [3.05, 3.63) is 182 Å². The van der Waals surface area contributed by atoms with E-state index < -0.39 is 0 Å². The molecule has 0 unspecified atom stereocenters. The molecule has 0 atom stereocenters. The molecule has 0 spiro atoms. The molecule has 6 heterocycles. The van der Waals surface area contributed by atoms with Gasteiger partial charge in [-0.1, -0.05) is 78.9 Å². The van der Waals surface area contributed by atoms with E-state index in [0.717, 1.165) is 116 Å². The van der Waals surface area contributed by atoms with Crippen molar-refractivity contribution in [2.75, 3.05) is 0 Å². The number of furan rings is 2. The number of fused-ring (bicyclic) bond motifs is 9. The van der Waals surface area contributed by atoms with Crippen LogP contribution in [-0.4, -0.2) is 19.5 Å². The molecule has 6 heteroatoms. The molecule has 57 heavy (non-hydrogen) atoms. The van der Waals surface area contributed by atoms with E-state index >= 15 is 0 Å². The lowest BCUT2D eigenvalue weighted by Crippen LogP contribution is -1.94. The SMILES string of the molecule is c1cc(-c2cccc(-c3ccc4oc5cccnc5c4c3)c2)cc(-c2ccc3oc4cnc(-c5cccc(-n6c7ccccc7c7ncccc76)c5)cc4c3c2)c1. The second kappa shape index (κ2) is 12.3. The van der Waals surface area contributed by atoms with Crippen molar-refractivity contribution in [1.82, 2.24) is 19.5 Å². The van der Waals surface area contributed by atoms with Crippen molar-refractivity contribution in [2.45, 2.75) is 0 Å². The Morgan fingerprint density at radius 2 is 0.947 bits per heavy atom. The molecular weight excluding hydrogens is 701 g/mol. The summed E-state index contributed by atoms with van der Waals surface area (Å²) in [7, 11) is 0. The van der Waals surface area contributed by atoms with Crippen LogP contribution in [0.2, 0.25) is 0 Å². The number of pyridine rings is 3. The third-order valence-corrected chi connectivity index (χ3v) is 11.1. The van der Waals surface area contributed by atoms with Gasteiger partial charge in [-0.05, 0) is 118 Å². The van der Waals surface area contributed by atoms with Crippen molar-refractivity contribution in [2.24, 2.45) is 0 Å². The Balaban J connectivity index is 0.902. The van der Waals surface area contributed by atoms with E-state index in [1.807, 2.05) is 42.9 Å². The summed E-state index contributed by atoms with van der Waals surface area (Å²) in [5.74, 6) is 0. The van der Waals surface area contributed by atoms with Crippen LogP contribution in [0.4, 0.5) is 0 Å². The van der Waals surface area contributed by atoms with Crippen LogP contribution in [0, 0.1) is 0 Å². The van der Waals surface area contributed by atoms with Gasteiger partial charge in [0.15, 0.2) is 11.2 Å². The number of hydrogen-bond donors (Lipinski definition) is 0. The lowest BCUT2D eigenvalue weighted by atomic mass is 9.95. The zero-order chi connectivity index (χ0) is 37.5. The first-order valence-electron chi connectivity index (χ1n) is 19.0. The molecule has 0 aliphatic rings. The van der Waals surface area contributed by atoms with E-state index in [-0.39, 0.29) is 0 Å². The Kier molecular flexibility index (Phi) is 6.83. The third-order valence-electron chi connectivity index (χ3n) is 11.1. The van der Waals surface area contributed by atoms with Gasteiger partial charge >= 0.3 is 0 Å². The number of hydrogen-bond acceptors (Lipinski definition) is 5. The maximum atomic E-state index is 6.32. The van der Waals surface area contributed by atoms with E-state index in [9.17, 15) is 0 Å². The van der Waals surface area contributed by atoms with E-state index in [0.29, 0.717) is 0 Å². The summed E-state index contributed by atoms with van der Waals surface area (Å²) in [6.07, 6.45) is 5.51. The van der Waals surface area contributed by atoms with Gasteiger partial charge < -0.3 is 13.4 Å². The molecule has 0 N–H and O–H groups in total. The zero-order valence-corrected chi connectivity index (χ0v) is 30.4. The van der Waals surface area contributed by atoms with Gasteiger partial charge in [0.2, 0.25) is 0 Å². The summed E-state index contributed by atoms with van der Waals surface area (Å²) in [5, 5.41) is 4.24. The molecule has 6 nitrogen and oxygen atoms in total. The molecule has 12 rings (SSSR count). The van der Waals surface area contributed by atoms with Crippen LogP contribution in [0.15, 0.2) is 191 Å². The molecule has 0 amide bonds. The largest absolute Gasteiger partial charge is 0.454 e. The Morgan fingerprint density at radius 1 is 0.351 bits per heavy atom. The predicted octanol–water partition coefficient (Wildman–Crippen LogP) is 13.4. The Hall–Kier alpha value is -7.83. The molecule has 12 aromatic rings. The minimum atomic E-state index is 0.762. The highest BCUT2D eigenvalue weighted by Gasteiger charge is 2.16. The van der Waals surface area contributed by atoms with Crippen LogP contribution in [0.25, 0.3) is 116 Å². The van der Waals surface area contributed by atoms with Crippen molar-refractivity contribution in [3.63, 3.8) is 0 Å². The normalized spacial score (nSPS) is 11.9. The predicted molar refractivity (Wildman–Crippen MR) is 230 cm³/mol. The number of aromatic nitrogens is 4. The van der Waals surface area contributed by atoms with E-state index in [4.69, 9.17) is 18.8 Å². The molecular formula is C51H30N4O2. The van der Waals surface area contributed by atoms with Crippen LogP contribution in [0.1, 0.15) is 0 Å². The second-order valence-electron chi connectivity index (χ2n) is 14.5. The first-order chi connectivity index (χ1) is 28.2. The summed E-state index contributed by atoms with van der Waals surface area (Å²) >= 11 is 0. The second-order valence-corrected chi connectivity index (χ2v) is 14.5. The highest BCUT2D eigenvalue weighted by atomic mass is 16.3. The summed E-state index contributed by atoms with van der Waals surface area (Å²) in [4.78, 5) is 14.2. The molecule has 0 aliphatic carbocycles. The van der Waals surface area contributed by atoms with Crippen LogP contribution in [-0.2, 0) is 0 Å². The number of para-hydroxylation sites is 1. The minimum Gasteiger partial charge on any atom is -0.454 e. The van der Waals surface area contributed by atoms with E-state index in [2.05, 4.69) is 149 Å². The average Bonchev–Trinajstić information content (AvgIpc) is 3.95. The standard InChI is InChI=1S/C51H30N4O2/c1-2-15-44-39(14-1)50-45(16-6-22-52-50)55(44)38-13-5-12-37(26-38)43-29-41-40-27-35(18-20-46(40)57-49(41)30-54-43)33-10-3-8-31(24-33)32-9-4-11-34(25-32)36-19-21-47-42(28-36)51-48(56-47)17-7-23-53-51/h1-30H. The fourth-order valence-corrected chi connectivity index (χ4v) is 8.42. The van der Waals surface area contributed by atoms with Crippen molar-refractivity contribution < 1.29 is 8.83 Å². The Bertz CT molecular complexity index is 3500. The molecule has 6 aromatic carbocycles. The van der Waals surface area contributed by atoms with Gasteiger partial charge in [0.05, 0.1) is 28.4 Å². The average molecular weight is 731 g/mol. The molecule has 266 valence electrons. The van der Waals surface area contributed by atoms with Crippen LogP contribution in [0.5, 0.6) is 0 Å². The molecule has 0 saturated heterocycles. The Labute approximate surface area is 325 Å². The molecule has 0 aliphatic heterocycles. The maximum Gasteiger partial charge on any atom is 0.153 e. The van der Waals surface area contributed by atoms with E-state index in [1.165, 1.54) is 0 Å². The van der Waals surface area contributed by atoms with E-state index in [1.54, 1.807) is 0 Å². The molecule has 0 fully saturated rings. The molecule has 0 bridgehead atoms. The van der Waals surface area contributed by atoms with Gasteiger partial charge in [-0.3, -0.25) is 15.0 Å². The van der Waals surface area contributed by atoms with Gasteiger partial charge in [0, 0.05) is 45.2 Å². The third kappa shape index (κ3) is 5.08. The van der Waals surface area contributed by atoms with Crippen molar-refractivity contribution in [1.29, 1.82) is 0 Å². The number of rotatable bonds is 5. The van der Waals surface area contributed by atoms with Crippen molar-refractivity contribution in [3.8, 4) is 50.3 Å². The first-order valence-corrected chi connectivity index (χ1v) is 19.0. The number of nitrogens with zero attached hydrogens (tertiary/aromatic N) is 4. The zero-order valence-electron chi connectivity index (χ0n) is 30.4. The summed E-state index contributed by atoms with van der Waals surface area (Å²) in [6.45, 7) is 0. The fourth-order valence-electron chi connectivity index (χ4n) is 8.42. The molecule has 0 radical (unpaired) electrons. The van der Waals surface area contributed by atoms with Crippen LogP contribution < -0.4 is 0 Å². The van der Waals surface area contributed by atoms with Gasteiger partial charge in [-0.15, -0.1) is 0 Å². The monoisotopic (exact) mass is 730 g/mol. The van der Waals surface area contributed by atoms with Crippen molar-refractivity contribution >= 4 is 65.9 Å². The molecule has 6 aromatic heterocycles. The topological polar surface area (TPSA) is 69.9 Å². The molecule has 0 saturated carbocycles. The van der Waals surface area contributed by atoms with Gasteiger partial charge in [-0.2, -0.15) is 0 Å². The lowest BCUT2D eigenvalue weighted by Gasteiger charge is -2.10. The highest BCUT2D eigenvalue weighted by molar-refractivity contribution is 6.08.